The highest BCUT2D eigenvalue weighted by atomic mass is 35.5. The molecule has 5 nitrogen and oxygen atoms in total. The fraction of sp³-hybridized carbons (Fsp3) is 0.571. The van der Waals surface area contributed by atoms with Crippen molar-refractivity contribution in [3.05, 3.63) is 33.6 Å². The molecule has 28 heavy (non-hydrogen) atoms. The molecule has 0 unspecified atom stereocenters. The van der Waals surface area contributed by atoms with Gasteiger partial charge in [0.15, 0.2) is 5.16 Å². The van der Waals surface area contributed by atoms with Gasteiger partial charge < -0.3 is 4.90 Å². The second-order valence-electron chi connectivity index (χ2n) is 8.13. The number of amides is 1. The van der Waals surface area contributed by atoms with Crippen molar-refractivity contribution >= 4 is 40.2 Å². The van der Waals surface area contributed by atoms with Crippen LogP contribution in [0.3, 0.4) is 0 Å². The lowest BCUT2D eigenvalue weighted by molar-refractivity contribution is -0.131. The molecule has 7 heteroatoms. The van der Waals surface area contributed by atoms with Crippen LogP contribution in [0.15, 0.2) is 28.2 Å². The molecule has 1 aromatic carbocycles. The van der Waals surface area contributed by atoms with E-state index in [-0.39, 0.29) is 22.6 Å². The molecular weight excluding hydrogens is 394 g/mol. The van der Waals surface area contributed by atoms with Gasteiger partial charge in [0.25, 0.3) is 5.56 Å². The summed E-state index contributed by atoms with van der Waals surface area (Å²) >= 11 is 7.47. The summed E-state index contributed by atoms with van der Waals surface area (Å²) in [4.78, 5) is 32.6. The molecule has 0 bridgehead atoms. The first-order valence-corrected chi connectivity index (χ1v) is 11.2. The van der Waals surface area contributed by atoms with E-state index < -0.39 is 0 Å². The van der Waals surface area contributed by atoms with Gasteiger partial charge >= 0.3 is 0 Å². The van der Waals surface area contributed by atoms with Crippen molar-refractivity contribution < 1.29 is 4.79 Å². The van der Waals surface area contributed by atoms with Crippen molar-refractivity contribution in [3.8, 4) is 0 Å². The van der Waals surface area contributed by atoms with Crippen LogP contribution >= 0.6 is 23.4 Å². The highest BCUT2D eigenvalue weighted by molar-refractivity contribution is 8.00. The maximum atomic E-state index is 13.1. The first-order valence-electron chi connectivity index (χ1n) is 9.91. The Morgan fingerprint density at radius 2 is 1.96 bits per heavy atom. The molecule has 2 aromatic rings. The van der Waals surface area contributed by atoms with E-state index in [1.54, 1.807) is 22.8 Å². The van der Waals surface area contributed by atoms with Crippen LogP contribution in [-0.4, -0.2) is 38.7 Å². The molecule has 1 saturated heterocycles. The van der Waals surface area contributed by atoms with Crippen LogP contribution in [0.2, 0.25) is 5.02 Å². The predicted octanol–water partition coefficient (Wildman–Crippen LogP) is 4.45. The molecule has 0 spiro atoms. The number of halogens is 1. The van der Waals surface area contributed by atoms with Crippen molar-refractivity contribution in [3.63, 3.8) is 0 Å². The van der Waals surface area contributed by atoms with Gasteiger partial charge in [0, 0.05) is 24.7 Å². The van der Waals surface area contributed by atoms with Gasteiger partial charge in [-0.1, -0.05) is 44.1 Å². The van der Waals surface area contributed by atoms with Gasteiger partial charge in [0.05, 0.1) is 16.2 Å². The number of nitrogens with zero attached hydrogens (tertiary/aromatic N) is 3. The number of carbonyl (C=O) groups is 1. The van der Waals surface area contributed by atoms with Gasteiger partial charge in [-0.05, 0) is 49.8 Å². The van der Waals surface area contributed by atoms with E-state index in [1.165, 1.54) is 11.8 Å². The third-order valence-electron chi connectivity index (χ3n) is 5.16. The number of benzene rings is 1. The summed E-state index contributed by atoms with van der Waals surface area (Å²) in [7, 11) is 0. The molecule has 1 aliphatic heterocycles. The zero-order valence-corrected chi connectivity index (χ0v) is 18.5. The van der Waals surface area contributed by atoms with Gasteiger partial charge in [0.2, 0.25) is 5.91 Å². The lowest BCUT2D eigenvalue weighted by Gasteiger charge is -2.32. The Morgan fingerprint density at radius 3 is 2.61 bits per heavy atom. The summed E-state index contributed by atoms with van der Waals surface area (Å²) < 4.78 is 1.70. The number of hydrogen-bond acceptors (Lipinski definition) is 4. The predicted molar refractivity (Wildman–Crippen MR) is 116 cm³/mol. The molecule has 2 heterocycles. The van der Waals surface area contributed by atoms with Crippen LogP contribution in [0.5, 0.6) is 0 Å². The van der Waals surface area contributed by atoms with Crippen LogP contribution in [0.1, 0.15) is 40.5 Å². The summed E-state index contributed by atoms with van der Waals surface area (Å²) in [6.45, 7) is 10.4. The number of rotatable bonds is 5. The minimum Gasteiger partial charge on any atom is -0.342 e. The van der Waals surface area contributed by atoms with Gasteiger partial charge in [-0.15, -0.1) is 0 Å². The third kappa shape index (κ3) is 4.71. The quantitative estimate of drug-likeness (QED) is 0.528. The SMILES string of the molecule is CC(C)Cn1c(S[C@@H](C)C(=O)N2CCC(C)CC2)nc2cc(Cl)ccc2c1=O. The van der Waals surface area contributed by atoms with Gasteiger partial charge in [-0.25, -0.2) is 4.98 Å². The monoisotopic (exact) mass is 421 g/mol. The second-order valence-corrected chi connectivity index (χ2v) is 9.88. The lowest BCUT2D eigenvalue weighted by atomic mass is 9.99. The Labute approximate surface area is 175 Å². The molecule has 3 rings (SSSR count). The summed E-state index contributed by atoms with van der Waals surface area (Å²) in [5, 5.41) is 1.39. The van der Waals surface area contributed by atoms with Crippen molar-refractivity contribution in [2.75, 3.05) is 13.1 Å². The number of likely N-dealkylation sites (tertiary alicyclic amines) is 1. The number of piperidine rings is 1. The smallest absolute Gasteiger partial charge is 0.262 e. The Morgan fingerprint density at radius 1 is 1.29 bits per heavy atom. The molecule has 0 N–H and O–H groups in total. The Bertz CT molecular complexity index is 920. The first kappa shape index (κ1) is 21.2. The van der Waals surface area contributed by atoms with Crippen LogP contribution in [0, 0.1) is 11.8 Å². The number of aromatic nitrogens is 2. The van der Waals surface area contributed by atoms with Crippen molar-refractivity contribution in [1.29, 1.82) is 0 Å². The fourth-order valence-electron chi connectivity index (χ4n) is 3.48. The summed E-state index contributed by atoms with van der Waals surface area (Å²) in [6.07, 6.45) is 2.10. The fourth-order valence-corrected chi connectivity index (χ4v) is 4.65. The van der Waals surface area contributed by atoms with E-state index in [4.69, 9.17) is 16.6 Å². The minimum atomic E-state index is -0.296. The zero-order valence-electron chi connectivity index (χ0n) is 16.9. The van der Waals surface area contributed by atoms with E-state index >= 15 is 0 Å². The van der Waals surface area contributed by atoms with E-state index in [9.17, 15) is 9.59 Å². The topological polar surface area (TPSA) is 55.2 Å². The largest absolute Gasteiger partial charge is 0.342 e. The Hall–Kier alpha value is -1.53. The molecule has 0 aliphatic carbocycles. The maximum absolute atomic E-state index is 13.1. The van der Waals surface area contributed by atoms with E-state index in [0.29, 0.717) is 33.5 Å². The van der Waals surface area contributed by atoms with Crippen molar-refractivity contribution in [2.24, 2.45) is 11.8 Å². The van der Waals surface area contributed by atoms with Crippen LogP contribution < -0.4 is 5.56 Å². The van der Waals surface area contributed by atoms with Crippen LogP contribution in [-0.2, 0) is 11.3 Å². The minimum absolute atomic E-state index is 0.0793. The van der Waals surface area contributed by atoms with E-state index in [2.05, 4.69) is 20.8 Å². The number of carbonyl (C=O) groups excluding carboxylic acids is 1. The van der Waals surface area contributed by atoms with E-state index in [0.717, 1.165) is 25.9 Å². The normalized spacial score (nSPS) is 16.7. The highest BCUT2D eigenvalue weighted by Gasteiger charge is 2.26. The van der Waals surface area contributed by atoms with Crippen molar-refractivity contribution in [2.45, 2.75) is 57.5 Å². The second kappa shape index (κ2) is 8.87. The van der Waals surface area contributed by atoms with Crippen molar-refractivity contribution in [1.82, 2.24) is 14.5 Å². The lowest BCUT2D eigenvalue weighted by Crippen LogP contribution is -2.42. The number of hydrogen-bond donors (Lipinski definition) is 0. The maximum Gasteiger partial charge on any atom is 0.262 e. The molecule has 1 aliphatic rings. The molecule has 0 radical (unpaired) electrons. The molecular formula is C21H28ClN3O2S. The molecule has 0 saturated carbocycles. The first-order chi connectivity index (χ1) is 13.3. The molecule has 1 amide bonds. The van der Waals surface area contributed by atoms with Crippen LogP contribution in [0.25, 0.3) is 10.9 Å². The number of fused-ring (bicyclic) bond motifs is 1. The average Bonchev–Trinajstić information content (AvgIpc) is 2.64. The summed E-state index contributed by atoms with van der Waals surface area (Å²) in [5.41, 5.74) is 0.496. The standard InChI is InChI=1S/C21H28ClN3O2S/c1-13(2)12-25-20(27)17-6-5-16(22)11-18(17)23-21(25)28-15(4)19(26)24-9-7-14(3)8-10-24/h5-6,11,13-15H,7-10,12H2,1-4H3/t15-/m0/s1. The molecule has 1 aromatic heterocycles. The van der Waals surface area contributed by atoms with Gasteiger partial charge in [-0.3, -0.25) is 14.2 Å². The summed E-state index contributed by atoms with van der Waals surface area (Å²) in [6, 6.07) is 5.14. The van der Waals surface area contributed by atoms with Gasteiger partial charge in [0.1, 0.15) is 0 Å². The van der Waals surface area contributed by atoms with Crippen LogP contribution in [0.4, 0.5) is 0 Å². The number of thioether (sulfide) groups is 1. The molecule has 1 atom stereocenters. The molecule has 152 valence electrons. The zero-order chi connectivity index (χ0) is 20.4. The third-order valence-corrected chi connectivity index (χ3v) is 6.47. The summed E-state index contributed by atoms with van der Waals surface area (Å²) in [5.74, 6) is 1.08. The van der Waals surface area contributed by atoms with Gasteiger partial charge in [-0.2, -0.15) is 0 Å². The Kier molecular flexibility index (Phi) is 6.71. The molecule has 1 fully saturated rings. The highest BCUT2D eigenvalue weighted by Crippen LogP contribution is 2.27. The Balaban J connectivity index is 1.91. The van der Waals surface area contributed by atoms with E-state index in [1.807, 2.05) is 11.8 Å². The average molecular weight is 422 g/mol.